The van der Waals surface area contributed by atoms with Crippen molar-refractivity contribution in [2.24, 2.45) is 0 Å². The first-order chi connectivity index (χ1) is 11.2. The molecule has 4 rings (SSSR count). The molecule has 1 aliphatic carbocycles. The molecule has 1 aliphatic heterocycles. The second-order valence-corrected chi connectivity index (χ2v) is 6.04. The lowest BCUT2D eigenvalue weighted by molar-refractivity contribution is -0.121. The Balaban J connectivity index is 2.07. The molecule has 1 amide bonds. The van der Waals surface area contributed by atoms with Gasteiger partial charge in [0.05, 0.1) is 20.3 Å². The van der Waals surface area contributed by atoms with Crippen LogP contribution in [0.4, 0.5) is 0 Å². The fourth-order valence-corrected chi connectivity index (χ4v) is 3.84. The number of carbonyl (C=O) groups is 1. The van der Waals surface area contributed by atoms with Crippen LogP contribution in [0.3, 0.4) is 0 Å². The number of carbonyl (C=O) groups excluding carboxylic acids is 1. The number of benzene rings is 2. The Morgan fingerprint density at radius 1 is 1.09 bits per heavy atom. The number of hydrogen-bond acceptors (Lipinski definition) is 3. The molecule has 2 aromatic rings. The molecular formula is C19H19NO3. The Kier molecular flexibility index (Phi) is 3.26. The van der Waals surface area contributed by atoms with Crippen molar-refractivity contribution in [3.05, 3.63) is 47.0 Å². The van der Waals surface area contributed by atoms with Crippen molar-refractivity contribution in [1.82, 2.24) is 5.32 Å². The van der Waals surface area contributed by atoms with Crippen molar-refractivity contribution in [1.29, 1.82) is 0 Å². The minimum atomic E-state index is 0.00436. The third-order valence-electron chi connectivity index (χ3n) is 4.81. The number of amides is 1. The Bertz CT molecular complexity index is 797. The Morgan fingerprint density at radius 2 is 1.91 bits per heavy atom. The second-order valence-electron chi connectivity index (χ2n) is 6.04. The van der Waals surface area contributed by atoms with Crippen molar-refractivity contribution in [2.75, 3.05) is 14.2 Å². The summed E-state index contributed by atoms with van der Waals surface area (Å²) in [6.45, 7) is 0. The van der Waals surface area contributed by atoms with Crippen LogP contribution in [0.1, 0.15) is 29.2 Å². The lowest BCUT2D eigenvalue weighted by Crippen LogP contribution is -2.30. The first kappa shape index (κ1) is 14.1. The summed E-state index contributed by atoms with van der Waals surface area (Å²) >= 11 is 0. The lowest BCUT2D eigenvalue weighted by Gasteiger charge is -2.31. The minimum absolute atomic E-state index is 0.00436. The summed E-state index contributed by atoms with van der Waals surface area (Å²) in [6, 6.07) is 10.3. The van der Waals surface area contributed by atoms with E-state index in [1.165, 1.54) is 22.3 Å². The number of nitrogens with one attached hydrogen (secondary N) is 1. The summed E-state index contributed by atoms with van der Waals surface area (Å²) in [5.74, 6) is 1.58. The van der Waals surface area contributed by atoms with Crippen molar-refractivity contribution < 1.29 is 14.3 Å². The van der Waals surface area contributed by atoms with E-state index in [0.717, 1.165) is 29.9 Å². The maximum Gasteiger partial charge on any atom is 0.220 e. The first-order valence-corrected chi connectivity index (χ1v) is 7.88. The maximum absolute atomic E-state index is 12.1. The number of methoxy groups -OCH3 is 2. The number of ether oxygens (including phenoxy) is 2. The van der Waals surface area contributed by atoms with Gasteiger partial charge in [-0.05, 0) is 41.2 Å². The molecule has 2 aromatic carbocycles. The summed E-state index contributed by atoms with van der Waals surface area (Å²) in [7, 11) is 3.32. The molecule has 1 unspecified atom stereocenters. The van der Waals surface area contributed by atoms with Crippen LogP contribution >= 0.6 is 0 Å². The molecule has 118 valence electrons. The van der Waals surface area contributed by atoms with Gasteiger partial charge in [0.25, 0.3) is 0 Å². The highest BCUT2D eigenvalue weighted by atomic mass is 16.5. The first-order valence-electron chi connectivity index (χ1n) is 7.88. The molecule has 0 bridgehead atoms. The largest absolute Gasteiger partial charge is 0.493 e. The van der Waals surface area contributed by atoms with Crippen LogP contribution in [0.25, 0.3) is 11.1 Å². The fourth-order valence-electron chi connectivity index (χ4n) is 3.84. The minimum Gasteiger partial charge on any atom is -0.493 e. The van der Waals surface area contributed by atoms with Crippen LogP contribution in [-0.4, -0.2) is 20.1 Å². The SMILES string of the molecule is COc1cc2c3c(c1OC)-c1ccccc1CC3NC(=O)CC2. The summed E-state index contributed by atoms with van der Waals surface area (Å²) in [5, 5.41) is 3.17. The molecule has 0 saturated carbocycles. The van der Waals surface area contributed by atoms with Crippen LogP contribution in [-0.2, 0) is 17.6 Å². The highest BCUT2D eigenvalue weighted by Crippen LogP contribution is 2.50. The smallest absolute Gasteiger partial charge is 0.220 e. The van der Waals surface area contributed by atoms with Gasteiger partial charge < -0.3 is 14.8 Å². The van der Waals surface area contributed by atoms with Gasteiger partial charge in [-0.25, -0.2) is 0 Å². The van der Waals surface area contributed by atoms with Gasteiger partial charge in [0.2, 0.25) is 5.91 Å². The van der Waals surface area contributed by atoms with Crippen molar-refractivity contribution >= 4 is 5.91 Å². The van der Waals surface area contributed by atoms with Gasteiger partial charge in [-0.15, -0.1) is 0 Å². The molecule has 4 nitrogen and oxygen atoms in total. The Morgan fingerprint density at radius 3 is 2.70 bits per heavy atom. The third kappa shape index (κ3) is 2.09. The summed E-state index contributed by atoms with van der Waals surface area (Å²) in [5.41, 5.74) is 5.83. The standard InChI is InChI=1S/C19H19NO3/c1-22-15-10-12-7-8-16(21)20-14-9-11-5-3-4-6-13(11)18(17(12)14)19(15)23-2/h3-6,10,14H,7-9H2,1-2H3,(H,20,21). The van der Waals surface area contributed by atoms with E-state index < -0.39 is 0 Å². The van der Waals surface area contributed by atoms with Gasteiger partial charge in [-0.2, -0.15) is 0 Å². The van der Waals surface area contributed by atoms with E-state index in [4.69, 9.17) is 9.47 Å². The van der Waals surface area contributed by atoms with E-state index in [2.05, 4.69) is 17.4 Å². The zero-order chi connectivity index (χ0) is 16.0. The lowest BCUT2D eigenvalue weighted by atomic mass is 9.79. The summed E-state index contributed by atoms with van der Waals surface area (Å²) in [6.07, 6.45) is 2.05. The van der Waals surface area contributed by atoms with Gasteiger partial charge in [0, 0.05) is 12.0 Å². The van der Waals surface area contributed by atoms with E-state index in [1.807, 2.05) is 18.2 Å². The zero-order valence-electron chi connectivity index (χ0n) is 13.3. The molecule has 4 heteroatoms. The topological polar surface area (TPSA) is 47.6 Å². The zero-order valence-corrected chi connectivity index (χ0v) is 13.3. The molecule has 1 heterocycles. The monoisotopic (exact) mass is 309 g/mol. The van der Waals surface area contributed by atoms with Crippen LogP contribution in [0.15, 0.2) is 30.3 Å². The third-order valence-corrected chi connectivity index (χ3v) is 4.81. The maximum atomic E-state index is 12.1. The molecule has 0 aromatic heterocycles. The molecule has 0 fully saturated rings. The average Bonchev–Trinajstić information content (AvgIpc) is 2.73. The van der Waals surface area contributed by atoms with Crippen LogP contribution in [0.5, 0.6) is 11.5 Å². The Labute approximate surface area is 135 Å². The average molecular weight is 309 g/mol. The van der Waals surface area contributed by atoms with Gasteiger partial charge in [-0.1, -0.05) is 24.3 Å². The van der Waals surface area contributed by atoms with Gasteiger partial charge in [0.1, 0.15) is 0 Å². The van der Waals surface area contributed by atoms with Gasteiger partial charge in [0.15, 0.2) is 11.5 Å². The van der Waals surface area contributed by atoms with Gasteiger partial charge >= 0.3 is 0 Å². The molecule has 23 heavy (non-hydrogen) atoms. The molecule has 1 atom stereocenters. The predicted molar refractivity (Wildman–Crippen MR) is 87.9 cm³/mol. The number of hydrogen-bond donors (Lipinski definition) is 1. The predicted octanol–water partition coefficient (Wildman–Crippen LogP) is 3.03. The molecule has 0 spiro atoms. The van der Waals surface area contributed by atoms with E-state index in [1.54, 1.807) is 14.2 Å². The highest BCUT2D eigenvalue weighted by Gasteiger charge is 2.34. The van der Waals surface area contributed by atoms with E-state index in [0.29, 0.717) is 6.42 Å². The molecule has 1 N–H and O–H groups in total. The molecule has 0 saturated heterocycles. The molecule has 2 aliphatic rings. The fraction of sp³-hybridized carbons (Fsp3) is 0.316. The van der Waals surface area contributed by atoms with Crippen molar-refractivity contribution in [2.45, 2.75) is 25.3 Å². The highest BCUT2D eigenvalue weighted by molar-refractivity contribution is 5.86. The second kappa shape index (κ2) is 5.30. The molecular weight excluding hydrogens is 290 g/mol. The van der Waals surface area contributed by atoms with E-state index in [-0.39, 0.29) is 11.9 Å². The van der Waals surface area contributed by atoms with Crippen LogP contribution < -0.4 is 14.8 Å². The summed E-state index contributed by atoms with van der Waals surface area (Å²) < 4.78 is 11.2. The Hall–Kier alpha value is -2.49. The van der Waals surface area contributed by atoms with Crippen molar-refractivity contribution in [3.63, 3.8) is 0 Å². The van der Waals surface area contributed by atoms with Crippen LogP contribution in [0, 0.1) is 0 Å². The number of rotatable bonds is 2. The van der Waals surface area contributed by atoms with Gasteiger partial charge in [-0.3, -0.25) is 4.79 Å². The summed E-state index contributed by atoms with van der Waals surface area (Å²) in [4.78, 5) is 12.1. The van der Waals surface area contributed by atoms with E-state index in [9.17, 15) is 4.79 Å². The number of aryl methyl sites for hydroxylation is 1. The van der Waals surface area contributed by atoms with Crippen molar-refractivity contribution in [3.8, 4) is 22.6 Å². The number of fused-ring (bicyclic) bond motifs is 2. The van der Waals surface area contributed by atoms with Crippen LogP contribution in [0.2, 0.25) is 0 Å². The van der Waals surface area contributed by atoms with E-state index >= 15 is 0 Å². The molecule has 0 radical (unpaired) electrons. The normalized spacial score (nSPS) is 18.3. The quantitative estimate of drug-likeness (QED) is 0.927.